The molecule has 0 aliphatic heterocycles. The maximum absolute atomic E-state index is 12.0. The zero-order valence-corrected chi connectivity index (χ0v) is 13.7. The van der Waals surface area contributed by atoms with Gasteiger partial charge in [-0.1, -0.05) is 0 Å². The molecule has 2 rings (SSSR count). The van der Waals surface area contributed by atoms with Gasteiger partial charge in [-0.25, -0.2) is 5.43 Å². The normalized spacial score (nSPS) is 10.6. The number of amides is 1. The van der Waals surface area contributed by atoms with Gasteiger partial charge in [0.15, 0.2) is 11.5 Å². The quantitative estimate of drug-likeness (QED) is 0.605. The number of carbonyl (C=O) groups is 1. The van der Waals surface area contributed by atoms with Crippen molar-refractivity contribution in [3.05, 3.63) is 53.6 Å². The first-order chi connectivity index (χ1) is 11.6. The minimum absolute atomic E-state index is 0.0624. The van der Waals surface area contributed by atoms with Crippen LogP contribution in [0.2, 0.25) is 0 Å². The molecule has 0 spiro atoms. The van der Waals surface area contributed by atoms with Crippen LogP contribution >= 0.6 is 0 Å². The Bertz CT molecular complexity index is 711. The molecular formula is C18H20N2O4. The molecule has 2 N–H and O–H groups in total. The van der Waals surface area contributed by atoms with E-state index in [1.54, 1.807) is 36.4 Å². The van der Waals surface area contributed by atoms with E-state index in [4.69, 9.17) is 9.47 Å². The van der Waals surface area contributed by atoms with Crippen LogP contribution in [0.15, 0.2) is 47.6 Å². The van der Waals surface area contributed by atoms with Gasteiger partial charge in [0.25, 0.3) is 5.91 Å². The molecule has 0 radical (unpaired) electrons. The van der Waals surface area contributed by atoms with Crippen LogP contribution in [0.1, 0.15) is 29.8 Å². The lowest BCUT2D eigenvalue weighted by atomic mass is 10.2. The Morgan fingerprint density at radius 1 is 1.12 bits per heavy atom. The number of rotatable bonds is 7. The molecule has 0 aliphatic rings. The highest BCUT2D eigenvalue weighted by Crippen LogP contribution is 2.26. The number of nitrogens with one attached hydrogen (secondary N) is 1. The van der Waals surface area contributed by atoms with Crippen molar-refractivity contribution in [2.45, 2.75) is 13.8 Å². The molecule has 0 aromatic heterocycles. The molecule has 0 atom stereocenters. The number of benzene rings is 2. The van der Waals surface area contributed by atoms with Crippen LogP contribution in [0.25, 0.3) is 0 Å². The summed E-state index contributed by atoms with van der Waals surface area (Å²) in [5.41, 5.74) is 3.63. The predicted octanol–water partition coefficient (Wildman–Crippen LogP) is 2.95. The number of hydrogen-bond donors (Lipinski definition) is 2. The number of hydrogen-bond acceptors (Lipinski definition) is 5. The van der Waals surface area contributed by atoms with Gasteiger partial charge in [0.1, 0.15) is 5.75 Å². The number of phenolic OH excluding ortho intramolecular Hbond substituents is 1. The van der Waals surface area contributed by atoms with Gasteiger partial charge in [-0.05, 0) is 61.9 Å². The highest BCUT2D eigenvalue weighted by Gasteiger charge is 2.05. The lowest BCUT2D eigenvalue weighted by Crippen LogP contribution is -2.17. The minimum Gasteiger partial charge on any atom is -0.504 e. The fraction of sp³-hybridized carbons (Fsp3) is 0.222. The molecule has 126 valence electrons. The van der Waals surface area contributed by atoms with Crippen LogP contribution in [-0.2, 0) is 0 Å². The maximum Gasteiger partial charge on any atom is 0.271 e. The fourth-order valence-corrected chi connectivity index (χ4v) is 1.98. The summed E-state index contributed by atoms with van der Waals surface area (Å²) < 4.78 is 10.6. The molecule has 0 unspecified atom stereocenters. The van der Waals surface area contributed by atoms with E-state index >= 15 is 0 Å². The van der Waals surface area contributed by atoms with Crippen LogP contribution in [-0.4, -0.2) is 30.4 Å². The molecule has 0 saturated heterocycles. The van der Waals surface area contributed by atoms with E-state index in [0.29, 0.717) is 35.8 Å². The summed E-state index contributed by atoms with van der Waals surface area (Å²) in [6, 6.07) is 11.6. The number of aromatic hydroxyl groups is 1. The predicted molar refractivity (Wildman–Crippen MR) is 91.9 cm³/mol. The number of carbonyl (C=O) groups excluding carboxylic acids is 1. The summed E-state index contributed by atoms with van der Waals surface area (Å²) in [4.78, 5) is 12.0. The zero-order chi connectivity index (χ0) is 17.4. The van der Waals surface area contributed by atoms with Gasteiger partial charge in [-0.15, -0.1) is 0 Å². The summed E-state index contributed by atoms with van der Waals surface area (Å²) in [7, 11) is 0. The average molecular weight is 328 g/mol. The third-order valence-electron chi connectivity index (χ3n) is 3.09. The molecule has 0 fully saturated rings. The Labute approximate surface area is 140 Å². The van der Waals surface area contributed by atoms with Gasteiger partial charge < -0.3 is 14.6 Å². The van der Waals surface area contributed by atoms with Crippen LogP contribution in [0, 0.1) is 0 Å². The van der Waals surface area contributed by atoms with Crippen LogP contribution < -0.4 is 14.9 Å². The molecule has 0 heterocycles. The molecule has 6 heteroatoms. The van der Waals surface area contributed by atoms with Crippen molar-refractivity contribution in [2.24, 2.45) is 5.10 Å². The van der Waals surface area contributed by atoms with Crippen molar-refractivity contribution in [1.29, 1.82) is 0 Å². The Kier molecular flexibility index (Phi) is 6.19. The largest absolute Gasteiger partial charge is 0.504 e. The van der Waals surface area contributed by atoms with E-state index in [0.717, 1.165) is 0 Å². The Morgan fingerprint density at radius 3 is 2.50 bits per heavy atom. The van der Waals surface area contributed by atoms with Crippen molar-refractivity contribution in [2.75, 3.05) is 13.2 Å². The number of ether oxygens (including phenoxy) is 2. The standard InChI is InChI=1S/C18H20N2O4/c1-3-23-15-8-6-14(7-9-15)18(22)20-19-12-13-5-10-16(21)17(11-13)24-4-2/h5-12,21H,3-4H2,1-2H3,(H,20,22). The van der Waals surface area contributed by atoms with Crippen molar-refractivity contribution in [1.82, 2.24) is 5.43 Å². The summed E-state index contributed by atoms with van der Waals surface area (Å²) in [5, 5.41) is 13.6. The second kappa shape index (κ2) is 8.57. The van der Waals surface area contributed by atoms with Gasteiger partial charge in [-0.2, -0.15) is 5.10 Å². The number of hydrazone groups is 1. The topological polar surface area (TPSA) is 80.2 Å². The lowest BCUT2D eigenvalue weighted by molar-refractivity contribution is 0.0955. The molecule has 0 bridgehead atoms. The SMILES string of the molecule is CCOc1ccc(C(=O)NN=Cc2ccc(O)c(OCC)c2)cc1. The van der Waals surface area contributed by atoms with Crippen molar-refractivity contribution >= 4 is 12.1 Å². The third kappa shape index (κ3) is 4.74. The Morgan fingerprint density at radius 2 is 1.83 bits per heavy atom. The number of phenols is 1. The van der Waals surface area contributed by atoms with Crippen molar-refractivity contribution in [3.8, 4) is 17.2 Å². The van der Waals surface area contributed by atoms with E-state index < -0.39 is 0 Å². The van der Waals surface area contributed by atoms with Crippen molar-refractivity contribution < 1.29 is 19.4 Å². The molecule has 6 nitrogen and oxygen atoms in total. The second-order valence-corrected chi connectivity index (χ2v) is 4.82. The van der Waals surface area contributed by atoms with Crippen LogP contribution in [0.4, 0.5) is 0 Å². The first kappa shape index (κ1) is 17.3. The fourth-order valence-electron chi connectivity index (χ4n) is 1.98. The molecule has 1 amide bonds. The van der Waals surface area contributed by atoms with E-state index in [9.17, 15) is 9.90 Å². The average Bonchev–Trinajstić information content (AvgIpc) is 2.59. The molecule has 0 saturated carbocycles. The Balaban J connectivity index is 1.98. The zero-order valence-electron chi connectivity index (χ0n) is 13.7. The van der Waals surface area contributed by atoms with Gasteiger partial charge >= 0.3 is 0 Å². The van der Waals surface area contributed by atoms with Gasteiger partial charge in [0.2, 0.25) is 0 Å². The highest BCUT2D eigenvalue weighted by molar-refractivity contribution is 5.95. The highest BCUT2D eigenvalue weighted by atomic mass is 16.5. The summed E-state index contributed by atoms with van der Waals surface area (Å²) in [5.74, 6) is 0.829. The van der Waals surface area contributed by atoms with Crippen molar-refractivity contribution in [3.63, 3.8) is 0 Å². The van der Waals surface area contributed by atoms with E-state index in [1.165, 1.54) is 12.3 Å². The van der Waals surface area contributed by atoms with Crippen LogP contribution in [0.3, 0.4) is 0 Å². The minimum atomic E-state index is -0.321. The molecule has 2 aromatic rings. The number of nitrogens with zero attached hydrogens (tertiary/aromatic N) is 1. The second-order valence-electron chi connectivity index (χ2n) is 4.82. The lowest BCUT2D eigenvalue weighted by Gasteiger charge is -2.06. The monoisotopic (exact) mass is 328 g/mol. The first-order valence-electron chi connectivity index (χ1n) is 7.66. The maximum atomic E-state index is 12.0. The molecule has 2 aromatic carbocycles. The van der Waals surface area contributed by atoms with Gasteiger partial charge in [0.05, 0.1) is 19.4 Å². The van der Waals surface area contributed by atoms with E-state index in [1.807, 2.05) is 13.8 Å². The summed E-state index contributed by atoms with van der Waals surface area (Å²) in [6.45, 7) is 4.75. The third-order valence-corrected chi connectivity index (χ3v) is 3.09. The molecule has 0 aliphatic carbocycles. The molecular weight excluding hydrogens is 308 g/mol. The first-order valence-corrected chi connectivity index (χ1v) is 7.66. The van der Waals surface area contributed by atoms with Crippen LogP contribution in [0.5, 0.6) is 17.2 Å². The van der Waals surface area contributed by atoms with E-state index in [-0.39, 0.29) is 11.7 Å². The molecule has 24 heavy (non-hydrogen) atoms. The summed E-state index contributed by atoms with van der Waals surface area (Å²) in [6.07, 6.45) is 1.48. The van der Waals surface area contributed by atoms with E-state index in [2.05, 4.69) is 10.5 Å². The smallest absolute Gasteiger partial charge is 0.271 e. The van der Waals surface area contributed by atoms with Gasteiger partial charge in [-0.3, -0.25) is 4.79 Å². The Hall–Kier alpha value is -3.02. The summed E-state index contributed by atoms with van der Waals surface area (Å²) >= 11 is 0. The van der Waals surface area contributed by atoms with Gasteiger partial charge in [0, 0.05) is 5.56 Å².